The first-order chi connectivity index (χ1) is 10.1. The molecule has 0 aliphatic carbocycles. The number of nitrogens with zero attached hydrogens (tertiary/aromatic N) is 1. The Morgan fingerprint density at radius 3 is 2.81 bits per heavy atom. The van der Waals surface area contributed by atoms with Crippen LogP contribution in [0.15, 0.2) is 17.5 Å². The fourth-order valence-electron chi connectivity index (χ4n) is 2.44. The Balaban J connectivity index is 1.98. The van der Waals surface area contributed by atoms with E-state index in [4.69, 9.17) is 9.47 Å². The number of carbonyl (C=O) groups is 1. The van der Waals surface area contributed by atoms with Crippen LogP contribution in [-0.2, 0) is 14.3 Å². The summed E-state index contributed by atoms with van der Waals surface area (Å²) >= 11 is 1.67. The lowest BCUT2D eigenvalue weighted by molar-refractivity contribution is -0.131. The van der Waals surface area contributed by atoms with E-state index in [-0.39, 0.29) is 24.0 Å². The molecule has 0 spiro atoms. The van der Waals surface area contributed by atoms with Crippen LogP contribution in [0.5, 0.6) is 0 Å². The lowest BCUT2D eigenvalue weighted by atomic mass is 10.1. The first-order valence-corrected chi connectivity index (χ1v) is 8.19. The second-order valence-electron chi connectivity index (χ2n) is 5.44. The number of nitrogens with one attached hydrogen (secondary N) is 1. The van der Waals surface area contributed by atoms with Crippen LogP contribution in [0.1, 0.15) is 24.9 Å². The molecule has 1 aliphatic rings. The quantitative estimate of drug-likeness (QED) is 0.745. The van der Waals surface area contributed by atoms with E-state index in [1.54, 1.807) is 18.4 Å². The van der Waals surface area contributed by atoms with Gasteiger partial charge in [0.15, 0.2) is 0 Å². The smallest absolute Gasteiger partial charge is 0.241 e. The summed E-state index contributed by atoms with van der Waals surface area (Å²) in [6.45, 7) is 6.41. The highest BCUT2D eigenvalue weighted by Gasteiger charge is 2.41. The zero-order valence-electron chi connectivity index (χ0n) is 12.9. The lowest BCUT2D eigenvalue weighted by Crippen LogP contribution is -2.36. The standard InChI is InChI=1S/C15H24N2O3S/c1-11(2)13-15(18)17(6-7-20-9-8-19-3)14(16-13)12-5-4-10-21-12/h4-5,10-11,13-14,16H,6-9H2,1-3H3. The van der Waals surface area contributed by atoms with Crippen LogP contribution in [-0.4, -0.2) is 50.3 Å². The summed E-state index contributed by atoms with van der Waals surface area (Å²) in [6.07, 6.45) is -0.0316. The van der Waals surface area contributed by atoms with Crippen molar-refractivity contribution in [2.45, 2.75) is 26.1 Å². The van der Waals surface area contributed by atoms with Crippen LogP contribution in [0.2, 0.25) is 0 Å². The third-order valence-corrected chi connectivity index (χ3v) is 4.51. The zero-order valence-corrected chi connectivity index (χ0v) is 13.7. The fraction of sp³-hybridized carbons (Fsp3) is 0.667. The van der Waals surface area contributed by atoms with Crippen LogP contribution in [0, 0.1) is 5.92 Å². The van der Waals surface area contributed by atoms with Gasteiger partial charge < -0.3 is 14.4 Å². The summed E-state index contributed by atoms with van der Waals surface area (Å²) in [7, 11) is 1.65. The van der Waals surface area contributed by atoms with Gasteiger partial charge in [0, 0.05) is 18.5 Å². The molecule has 1 N–H and O–H groups in total. The van der Waals surface area contributed by atoms with Gasteiger partial charge in [-0.2, -0.15) is 0 Å². The molecule has 118 valence electrons. The largest absolute Gasteiger partial charge is 0.382 e. The molecule has 0 aromatic carbocycles. The monoisotopic (exact) mass is 312 g/mol. The highest BCUT2D eigenvalue weighted by atomic mass is 32.1. The molecular weight excluding hydrogens is 288 g/mol. The molecule has 2 atom stereocenters. The number of hydrogen-bond acceptors (Lipinski definition) is 5. The minimum Gasteiger partial charge on any atom is -0.382 e. The molecule has 2 heterocycles. The van der Waals surface area contributed by atoms with Crippen LogP contribution >= 0.6 is 11.3 Å². The van der Waals surface area contributed by atoms with E-state index in [9.17, 15) is 4.79 Å². The Morgan fingerprint density at radius 2 is 2.19 bits per heavy atom. The molecule has 2 rings (SSSR count). The number of hydrogen-bond donors (Lipinski definition) is 1. The fourth-order valence-corrected chi connectivity index (χ4v) is 3.24. The van der Waals surface area contributed by atoms with Crippen LogP contribution < -0.4 is 5.32 Å². The van der Waals surface area contributed by atoms with Gasteiger partial charge in [0.2, 0.25) is 5.91 Å². The van der Waals surface area contributed by atoms with Crippen molar-refractivity contribution in [2.75, 3.05) is 33.5 Å². The Morgan fingerprint density at radius 1 is 1.38 bits per heavy atom. The number of methoxy groups -OCH3 is 1. The lowest BCUT2D eigenvalue weighted by Gasteiger charge is -2.23. The molecule has 2 unspecified atom stereocenters. The van der Waals surface area contributed by atoms with Crippen molar-refractivity contribution in [2.24, 2.45) is 5.92 Å². The molecule has 5 nitrogen and oxygen atoms in total. The van der Waals surface area contributed by atoms with E-state index in [2.05, 4.69) is 25.2 Å². The van der Waals surface area contributed by atoms with Gasteiger partial charge in [-0.1, -0.05) is 19.9 Å². The van der Waals surface area contributed by atoms with Gasteiger partial charge in [-0.05, 0) is 17.4 Å². The van der Waals surface area contributed by atoms with Gasteiger partial charge in [0.1, 0.15) is 6.17 Å². The summed E-state index contributed by atoms with van der Waals surface area (Å²) in [5, 5.41) is 5.49. The first-order valence-electron chi connectivity index (χ1n) is 7.31. The molecule has 0 saturated carbocycles. The van der Waals surface area contributed by atoms with Crippen molar-refractivity contribution in [1.82, 2.24) is 10.2 Å². The highest BCUT2D eigenvalue weighted by molar-refractivity contribution is 7.10. The molecule has 0 bridgehead atoms. The van der Waals surface area contributed by atoms with Crippen LogP contribution in [0.25, 0.3) is 0 Å². The van der Waals surface area contributed by atoms with Gasteiger partial charge in [-0.25, -0.2) is 0 Å². The van der Waals surface area contributed by atoms with E-state index in [0.717, 1.165) is 0 Å². The minimum atomic E-state index is -0.115. The minimum absolute atomic E-state index is 0.0316. The van der Waals surface area contributed by atoms with Crippen molar-refractivity contribution >= 4 is 17.2 Å². The maximum Gasteiger partial charge on any atom is 0.241 e. The van der Waals surface area contributed by atoms with E-state index in [1.165, 1.54) is 4.88 Å². The predicted octanol–water partition coefficient (Wildman–Crippen LogP) is 1.87. The molecule has 6 heteroatoms. The SMILES string of the molecule is COCCOCCN1C(=O)C(C(C)C)NC1c1cccs1. The predicted molar refractivity (Wildman–Crippen MR) is 83.2 cm³/mol. The number of rotatable bonds is 8. The third-order valence-electron chi connectivity index (χ3n) is 3.59. The normalized spacial score (nSPS) is 22.5. The summed E-state index contributed by atoms with van der Waals surface area (Å²) in [5.74, 6) is 0.443. The summed E-state index contributed by atoms with van der Waals surface area (Å²) < 4.78 is 10.4. The average Bonchev–Trinajstić information content (AvgIpc) is 3.07. The number of amides is 1. The van der Waals surface area contributed by atoms with Crippen LogP contribution in [0.3, 0.4) is 0 Å². The van der Waals surface area contributed by atoms with E-state index < -0.39 is 0 Å². The van der Waals surface area contributed by atoms with Gasteiger partial charge in [-0.3, -0.25) is 10.1 Å². The summed E-state index contributed by atoms with van der Waals surface area (Å²) in [6, 6.07) is 3.97. The second-order valence-corrected chi connectivity index (χ2v) is 6.42. The molecular formula is C15H24N2O3S. The number of ether oxygens (including phenoxy) is 2. The molecule has 1 aliphatic heterocycles. The molecule has 21 heavy (non-hydrogen) atoms. The van der Waals surface area contributed by atoms with Crippen molar-refractivity contribution < 1.29 is 14.3 Å². The van der Waals surface area contributed by atoms with Crippen molar-refractivity contribution in [3.8, 4) is 0 Å². The molecule has 1 saturated heterocycles. The van der Waals surface area contributed by atoms with Gasteiger partial charge in [0.25, 0.3) is 0 Å². The van der Waals surface area contributed by atoms with Crippen molar-refractivity contribution in [3.63, 3.8) is 0 Å². The van der Waals surface area contributed by atoms with E-state index >= 15 is 0 Å². The van der Waals surface area contributed by atoms with Crippen molar-refractivity contribution in [1.29, 1.82) is 0 Å². The maximum absolute atomic E-state index is 12.6. The Labute approximate surface area is 130 Å². The zero-order chi connectivity index (χ0) is 15.2. The van der Waals surface area contributed by atoms with E-state index in [1.807, 2.05) is 16.3 Å². The maximum atomic E-state index is 12.6. The number of thiophene rings is 1. The molecule has 1 aromatic rings. The van der Waals surface area contributed by atoms with Gasteiger partial charge in [-0.15, -0.1) is 11.3 Å². The average molecular weight is 312 g/mol. The Bertz CT molecular complexity index is 436. The molecule has 0 radical (unpaired) electrons. The Hall–Kier alpha value is -0.950. The molecule has 1 fully saturated rings. The molecule has 1 amide bonds. The van der Waals surface area contributed by atoms with Crippen molar-refractivity contribution in [3.05, 3.63) is 22.4 Å². The number of carbonyl (C=O) groups excluding carboxylic acids is 1. The Kier molecular flexibility index (Phi) is 6.17. The summed E-state index contributed by atoms with van der Waals surface area (Å²) in [5.41, 5.74) is 0. The summed E-state index contributed by atoms with van der Waals surface area (Å²) in [4.78, 5) is 15.6. The molecule has 1 aromatic heterocycles. The second kappa shape index (κ2) is 7.89. The first kappa shape index (κ1) is 16.4. The van der Waals surface area contributed by atoms with Gasteiger partial charge >= 0.3 is 0 Å². The van der Waals surface area contributed by atoms with Crippen LogP contribution in [0.4, 0.5) is 0 Å². The van der Waals surface area contributed by atoms with E-state index in [0.29, 0.717) is 26.4 Å². The van der Waals surface area contributed by atoms with Gasteiger partial charge in [0.05, 0.1) is 25.9 Å². The topological polar surface area (TPSA) is 50.8 Å². The highest BCUT2D eigenvalue weighted by Crippen LogP contribution is 2.30. The third kappa shape index (κ3) is 4.03.